The van der Waals surface area contributed by atoms with Crippen molar-refractivity contribution in [2.24, 2.45) is 11.7 Å². The fourth-order valence-corrected chi connectivity index (χ4v) is 2.16. The molecule has 1 aromatic heterocycles. The molecule has 2 rings (SSSR count). The monoisotopic (exact) mass is 300 g/mol. The first-order valence-corrected chi connectivity index (χ1v) is 7.68. The van der Waals surface area contributed by atoms with E-state index in [1.54, 1.807) is 6.20 Å². The normalized spacial score (nSPS) is 13.6. The van der Waals surface area contributed by atoms with Gasteiger partial charge in [-0.15, -0.1) is 0 Å². The average Bonchev–Trinajstić information content (AvgIpc) is 3.05. The molecule has 1 aromatic carbocycles. The summed E-state index contributed by atoms with van der Waals surface area (Å²) in [6.07, 6.45) is 4.60. The lowest BCUT2D eigenvalue weighted by Gasteiger charge is -2.17. The molecule has 0 aliphatic heterocycles. The van der Waals surface area contributed by atoms with Gasteiger partial charge < -0.3 is 11.1 Å². The minimum Gasteiger partial charge on any atom is -0.351 e. The average molecular weight is 300 g/mol. The lowest BCUT2D eigenvalue weighted by atomic mass is 9.99. The number of carbonyl (C=O) groups excluding carboxylic acids is 1. The Morgan fingerprint density at radius 3 is 2.59 bits per heavy atom. The third-order valence-corrected chi connectivity index (χ3v) is 3.95. The first-order chi connectivity index (χ1) is 10.6. The number of hydrogen-bond acceptors (Lipinski definition) is 3. The zero-order valence-corrected chi connectivity index (χ0v) is 13.2. The minimum atomic E-state index is -0.441. The van der Waals surface area contributed by atoms with Gasteiger partial charge >= 0.3 is 0 Å². The first-order valence-electron chi connectivity index (χ1n) is 7.68. The summed E-state index contributed by atoms with van der Waals surface area (Å²) in [4.78, 5) is 11.9. The van der Waals surface area contributed by atoms with E-state index in [2.05, 4.69) is 22.5 Å². The first kappa shape index (κ1) is 16.2. The molecular weight excluding hydrogens is 276 g/mol. The second-order valence-corrected chi connectivity index (χ2v) is 5.65. The maximum Gasteiger partial charge on any atom is 0.237 e. The van der Waals surface area contributed by atoms with E-state index in [0.717, 1.165) is 18.5 Å². The van der Waals surface area contributed by atoms with E-state index in [1.165, 1.54) is 5.56 Å². The van der Waals surface area contributed by atoms with Crippen molar-refractivity contribution in [1.82, 2.24) is 15.1 Å². The van der Waals surface area contributed by atoms with Crippen molar-refractivity contribution < 1.29 is 4.79 Å². The molecule has 2 unspecified atom stereocenters. The summed E-state index contributed by atoms with van der Waals surface area (Å²) >= 11 is 0. The number of aromatic nitrogens is 2. The van der Waals surface area contributed by atoms with E-state index in [4.69, 9.17) is 5.73 Å². The second-order valence-electron chi connectivity index (χ2n) is 5.65. The molecule has 0 radical (unpaired) electrons. The quantitative estimate of drug-likeness (QED) is 0.820. The summed E-state index contributed by atoms with van der Waals surface area (Å²) in [6, 6.07) is 9.62. The van der Waals surface area contributed by atoms with Gasteiger partial charge in [0, 0.05) is 18.9 Å². The summed E-state index contributed by atoms with van der Waals surface area (Å²) in [7, 11) is 0. The van der Waals surface area contributed by atoms with Gasteiger partial charge in [0.25, 0.3) is 0 Å². The van der Waals surface area contributed by atoms with E-state index in [1.807, 2.05) is 42.9 Å². The minimum absolute atomic E-state index is 0.0880. The summed E-state index contributed by atoms with van der Waals surface area (Å²) in [5, 5.41) is 7.08. The van der Waals surface area contributed by atoms with Gasteiger partial charge in [-0.05, 0) is 23.1 Å². The molecule has 0 saturated heterocycles. The molecule has 0 bridgehead atoms. The smallest absolute Gasteiger partial charge is 0.237 e. The Labute approximate surface area is 131 Å². The number of benzene rings is 1. The van der Waals surface area contributed by atoms with Gasteiger partial charge in [-0.2, -0.15) is 5.10 Å². The Morgan fingerprint density at radius 2 is 2.00 bits per heavy atom. The molecule has 118 valence electrons. The molecule has 2 atom stereocenters. The molecule has 1 heterocycles. The Hall–Kier alpha value is -2.14. The molecule has 0 aliphatic carbocycles. The molecule has 2 aromatic rings. The summed E-state index contributed by atoms with van der Waals surface area (Å²) in [5.41, 5.74) is 8.15. The number of amides is 1. The Balaban J connectivity index is 1.85. The number of nitrogens with two attached hydrogens (primary N) is 1. The van der Waals surface area contributed by atoms with Crippen LogP contribution in [-0.2, 0) is 17.9 Å². The van der Waals surface area contributed by atoms with Crippen molar-refractivity contribution in [3.8, 4) is 0 Å². The van der Waals surface area contributed by atoms with Crippen LogP contribution in [0.15, 0.2) is 42.7 Å². The van der Waals surface area contributed by atoms with Crippen molar-refractivity contribution in [3.05, 3.63) is 53.9 Å². The van der Waals surface area contributed by atoms with Crippen LogP contribution in [-0.4, -0.2) is 21.7 Å². The molecule has 0 spiro atoms. The maximum absolute atomic E-state index is 11.9. The largest absolute Gasteiger partial charge is 0.351 e. The predicted molar refractivity (Wildman–Crippen MR) is 87.0 cm³/mol. The Morgan fingerprint density at radius 1 is 1.32 bits per heavy atom. The highest BCUT2D eigenvalue weighted by Gasteiger charge is 2.18. The molecule has 0 saturated carbocycles. The number of nitrogens with one attached hydrogen (secondary N) is 1. The maximum atomic E-state index is 11.9. The lowest BCUT2D eigenvalue weighted by molar-refractivity contribution is -0.123. The van der Waals surface area contributed by atoms with Gasteiger partial charge in [0.1, 0.15) is 0 Å². The molecule has 5 nitrogen and oxygen atoms in total. The molecule has 0 aliphatic rings. The zero-order valence-electron chi connectivity index (χ0n) is 13.2. The van der Waals surface area contributed by atoms with Crippen LogP contribution in [0.2, 0.25) is 0 Å². The van der Waals surface area contributed by atoms with Crippen LogP contribution in [0.25, 0.3) is 0 Å². The van der Waals surface area contributed by atoms with Crippen LogP contribution >= 0.6 is 0 Å². The SMILES string of the molecule is CCC(C)C(N)C(=O)NCc1ccc(Cn2cccn2)cc1. The highest BCUT2D eigenvalue weighted by atomic mass is 16.2. The number of carbonyl (C=O) groups is 1. The Bertz CT molecular complexity index is 577. The molecule has 3 N–H and O–H groups in total. The third kappa shape index (κ3) is 4.43. The van der Waals surface area contributed by atoms with Crippen molar-refractivity contribution in [2.45, 2.75) is 39.4 Å². The highest BCUT2D eigenvalue weighted by Crippen LogP contribution is 2.08. The van der Waals surface area contributed by atoms with Crippen molar-refractivity contribution in [2.75, 3.05) is 0 Å². The summed E-state index contributed by atoms with van der Waals surface area (Å²) in [5.74, 6) is 0.103. The van der Waals surface area contributed by atoms with Gasteiger partial charge in [0.2, 0.25) is 5.91 Å². The topological polar surface area (TPSA) is 72.9 Å². The molecule has 0 fully saturated rings. The van der Waals surface area contributed by atoms with Crippen LogP contribution in [0, 0.1) is 5.92 Å². The molecular formula is C17H24N4O. The molecule has 22 heavy (non-hydrogen) atoms. The fraction of sp³-hybridized carbons (Fsp3) is 0.412. The van der Waals surface area contributed by atoms with E-state index in [9.17, 15) is 4.79 Å². The van der Waals surface area contributed by atoms with Gasteiger partial charge in [0.15, 0.2) is 0 Å². The summed E-state index contributed by atoms with van der Waals surface area (Å²) < 4.78 is 1.88. The van der Waals surface area contributed by atoms with Crippen molar-refractivity contribution in [3.63, 3.8) is 0 Å². The van der Waals surface area contributed by atoms with Gasteiger partial charge in [0.05, 0.1) is 12.6 Å². The number of hydrogen-bond donors (Lipinski definition) is 2. The second kappa shape index (κ2) is 7.75. The zero-order chi connectivity index (χ0) is 15.9. The summed E-state index contributed by atoms with van der Waals surface area (Å²) in [6.45, 7) is 5.29. The van der Waals surface area contributed by atoms with Crippen molar-refractivity contribution >= 4 is 5.91 Å². The predicted octanol–water partition coefficient (Wildman–Crippen LogP) is 1.92. The number of nitrogens with zero attached hydrogens (tertiary/aromatic N) is 2. The van der Waals surface area contributed by atoms with E-state index in [0.29, 0.717) is 6.54 Å². The lowest BCUT2D eigenvalue weighted by Crippen LogP contribution is -2.44. The van der Waals surface area contributed by atoms with E-state index < -0.39 is 6.04 Å². The molecule has 1 amide bonds. The van der Waals surface area contributed by atoms with Gasteiger partial charge in [-0.3, -0.25) is 9.48 Å². The van der Waals surface area contributed by atoms with E-state index in [-0.39, 0.29) is 11.8 Å². The Kier molecular flexibility index (Phi) is 5.72. The standard InChI is InChI=1S/C17H24N4O/c1-3-13(2)16(18)17(22)19-11-14-5-7-15(8-6-14)12-21-10-4-9-20-21/h4-10,13,16H,3,11-12,18H2,1-2H3,(H,19,22). The molecule has 5 heteroatoms. The van der Waals surface area contributed by atoms with Crippen LogP contribution in [0.1, 0.15) is 31.4 Å². The van der Waals surface area contributed by atoms with Crippen LogP contribution in [0.3, 0.4) is 0 Å². The number of rotatable bonds is 7. The third-order valence-electron chi connectivity index (χ3n) is 3.95. The van der Waals surface area contributed by atoms with E-state index >= 15 is 0 Å². The fourth-order valence-electron chi connectivity index (χ4n) is 2.16. The van der Waals surface area contributed by atoms with Crippen LogP contribution in [0.4, 0.5) is 0 Å². The van der Waals surface area contributed by atoms with Crippen LogP contribution < -0.4 is 11.1 Å². The van der Waals surface area contributed by atoms with Gasteiger partial charge in [-0.25, -0.2) is 0 Å². The highest BCUT2D eigenvalue weighted by molar-refractivity contribution is 5.81. The van der Waals surface area contributed by atoms with Crippen molar-refractivity contribution in [1.29, 1.82) is 0 Å². The van der Waals surface area contributed by atoms with Crippen LogP contribution in [0.5, 0.6) is 0 Å². The van der Waals surface area contributed by atoms with Gasteiger partial charge in [-0.1, -0.05) is 44.5 Å².